The Morgan fingerprint density at radius 3 is 3.18 bits per heavy atom. The van der Waals surface area contributed by atoms with Gasteiger partial charge in [0.25, 0.3) is 0 Å². The highest BCUT2D eigenvalue weighted by molar-refractivity contribution is 5.22. The molecule has 0 heterocycles. The lowest BCUT2D eigenvalue weighted by Gasteiger charge is -2.09. The molecule has 0 saturated heterocycles. The molecule has 1 fully saturated rings. The van der Waals surface area contributed by atoms with E-state index in [2.05, 4.69) is 18.2 Å². The predicted molar refractivity (Wildman–Crippen MR) is 45.2 cm³/mol. The second-order valence-electron chi connectivity index (χ2n) is 3.42. The van der Waals surface area contributed by atoms with Gasteiger partial charge in [0.15, 0.2) is 0 Å². The van der Waals surface area contributed by atoms with Gasteiger partial charge in [-0.1, -0.05) is 23.8 Å². The maximum absolute atomic E-state index is 9.56. The average molecular weight is 150 g/mol. The molecule has 0 radical (unpaired) electrons. The van der Waals surface area contributed by atoms with Crippen molar-refractivity contribution in [1.82, 2.24) is 0 Å². The molecule has 11 heavy (non-hydrogen) atoms. The lowest BCUT2D eigenvalue weighted by Crippen LogP contribution is -2.10. The lowest BCUT2D eigenvalue weighted by molar-refractivity contribution is 0.159. The molecule has 2 atom stereocenters. The fraction of sp³-hybridized carbons (Fsp3) is 0.600. The largest absolute Gasteiger partial charge is 0.392 e. The topological polar surface area (TPSA) is 20.2 Å². The first-order chi connectivity index (χ1) is 5.38. The Hall–Kier alpha value is -0.560. The third-order valence-corrected chi connectivity index (χ3v) is 2.65. The van der Waals surface area contributed by atoms with Crippen LogP contribution in [0.2, 0.25) is 0 Å². The Morgan fingerprint density at radius 1 is 1.36 bits per heavy atom. The van der Waals surface area contributed by atoms with Crippen LogP contribution in [0.4, 0.5) is 0 Å². The lowest BCUT2D eigenvalue weighted by atomic mass is 10.0. The summed E-state index contributed by atoms with van der Waals surface area (Å²) in [6.45, 7) is 0. The third kappa shape index (κ3) is 1.25. The SMILES string of the molecule is O[C@H]1CCC2=CCCC=C[C@H]21. The van der Waals surface area contributed by atoms with Gasteiger partial charge in [0.2, 0.25) is 0 Å². The molecule has 2 aliphatic carbocycles. The Labute approximate surface area is 67.4 Å². The van der Waals surface area contributed by atoms with Crippen LogP contribution in [0.5, 0.6) is 0 Å². The first-order valence-corrected chi connectivity index (χ1v) is 4.41. The van der Waals surface area contributed by atoms with Gasteiger partial charge in [-0.2, -0.15) is 0 Å². The molecule has 0 aromatic heterocycles. The van der Waals surface area contributed by atoms with E-state index in [9.17, 15) is 5.11 Å². The van der Waals surface area contributed by atoms with Crippen LogP contribution in [0.25, 0.3) is 0 Å². The van der Waals surface area contributed by atoms with E-state index in [1.54, 1.807) is 0 Å². The maximum atomic E-state index is 9.56. The zero-order valence-corrected chi connectivity index (χ0v) is 6.66. The highest BCUT2D eigenvalue weighted by atomic mass is 16.3. The van der Waals surface area contributed by atoms with E-state index in [4.69, 9.17) is 0 Å². The molecule has 1 heteroatoms. The van der Waals surface area contributed by atoms with E-state index >= 15 is 0 Å². The normalized spacial score (nSPS) is 36.3. The van der Waals surface area contributed by atoms with E-state index in [1.165, 1.54) is 5.57 Å². The van der Waals surface area contributed by atoms with Crippen molar-refractivity contribution in [3.05, 3.63) is 23.8 Å². The zero-order chi connectivity index (χ0) is 7.68. The molecule has 0 bridgehead atoms. The quantitative estimate of drug-likeness (QED) is 0.524. The molecule has 0 spiro atoms. The minimum atomic E-state index is -0.101. The van der Waals surface area contributed by atoms with Gasteiger partial charge in [0.05, 0.1) is 6.10 Å². The summed E-state index contributed by atoms with van der Waals surface area (Å²) in [7, 11) is 0. The molecule has 0 aromatic rings. The molecular formula is C10H14O. The van der Waals surface area contributed by atoms with Gasteiger partial charge in [0.1, 0.15) is 0 Å². The summed E-state index contributed by atoms with van der Waals surface area (Å²) in [5, 5.41) is 9.56. The van der Waals surface area contributed by atoms with Crippen molar-refractivity contribution in [2.24, 2.45) is 5.92 Å². The van der Waals surface area contributed by atoms with Crippen molar-refractivity contribution < 1.29 is 5.11 Å². The summed E-state index contributed by atoms with van der Waals surface area (Å²) < 4.78 is 0. The summed E-state index contributed by atoms with van der Waals surface area (Å²) in [6.07, 6.45) is 11.0. The minimum Gasteiger partial charge on any atom is -0.392 e. The highest BCUT2D eigenvalue weighted by Gasteiger charge is 2.27. The standard InChI is InChI=1S/C10H14O/c11-10-7-6-8-4-2-1-3-5-9(8)10/h3-5,9-11H,1-2,6-7H2/t9-,10+/m1/s1. The molecule has 1 N–H and O–H groups in total. The van der Waals surface area contributed by atoms with Crippen LogP contribution >= 0.6 is 0 Å². The maximum Gasteiger partial charge on any atom is 0.0643 e. The molecule has 60 valence electrons. The van der Waals surface area contributed by atoms with Crippen molar-refractivity contribution in [2.75, 3.05) is 0 Å². The van der Waals surface area contributed by atoms with E-state index < -0.39 is 0 Å². The van der Waals surface area contributed by atoms with Crippen LogP contribution in [0, 0.1) is 5.92 Å². The van der Waals surface area contributed by atoms with E-state index in [0.717, 1.165) is 25.7 Å². The first-order valence-electron chi connectivity index (χ1n) is 4.41. The Kier molecular flexibility index (Phi) is 1.82. The van der Waals surface area contributed by atoms with Gasteiger partial charge in [-0.25, -0.2) is 0 Å². The van der Waals surface area contributed by atoms with Gasteiger partial charge in [-0.3, -0.25) is 0 Å². The predicted octanol–water partition coefficient (Wildman–Crippen LogP) is 2.03. The smallest absolute Gasteiger partial charge is 0.0643 e. The van der Waals surface area contributed by atoms with E-state index in [1.807, 2.05) is 0 Å². The van der Waals surface area contributed by atoms with Gasteiger partial charge < -0.3 is 5.11 Å². The molecular weight excluding hydrogens is 136 g/mol. The highest BCUT2D eigenvalue weighted by Crippen LogP contribution is 2.34. The second-order valence-corrected chi connectivity index (χ2v) is 3.42. The molecule has 2 rings (SSSR count). The van der Waals surface area contributed by atoms with Crippen molar-refractivity contribution in [2.45, 2.75) is 31.8 Å². The van der Waals surface area contributed by atoms with Crippen LogP contribution < -0.4 is 0 Å². The summed E-state index contributed by atoms with van der Waals surface area (Å²) in [6, 6.07) is 0. The van der Waals surface area contributed by atoms with Crippen molar-refractivity contribution in [1.29, 1.82) is 0 Å². The molecule has 0 unspecified atom stereocenters. The van der Waals surface area contributed by atoms with Gasteiger partial charge in [0, 0.05) is 5.92 Å². The van der Waals surface area contributed by atoms with Crippen LogP contribution in [0.15, 0.2) is 23.8 Å². The van der Waals surface area contributed by atoms with Crippen LogP contribution in [-0.2, 0) is 0 Å². The summed E-state index contributed by atoms with van der Waals surface area (Å²) in [5.74, 6) is 0.359. The summed E-state index contributed by atoms with van der Waals surface area (Å²) in [4.78, 5) is 0. The van der Waals surface area contributed by atoms with Crippen LogP contribution in [-0.4, -0.2) is 11.2 Å². The number of rotatable bonds is 0. The zero-order valence-electron chi connectivity index (χ0n) is 6.66. The molecule has 0 aliphatic heterocycles. The monoisotopic (exact) mass is 150 g/mol. The number of hydrogen-bond acceptors (Lipinski definition) is 1. The van der Waals surface area contributed by atoms with Gasteiger partial charge in [-0.15, -0.1) is 0 Å². The molecule has 1 saturated carbocycles. The Balaban J connectivity index is 2.23. The second kappa shape index (κ2) is 2.82. The number of allylic oxidation sites excluding steroid dienone is 2. The number of fused-ring (bicyclic) bond motifs is 1. The molecule has 0 amide bonds. The number of hydrogen-bond donors (Lipinski definition) is 1. The summed E-state index contributed by atoms with van der Waals surface area (Å²) >= 11 is 0. The van der Waals surface area contributed by atoms with Crippen LogP contribution in [0.1, 0.15) is 25.7 Å². The average Bonchev–Trinajstić information content (AvgIpc) is 2.25. The van der Waals surface area contributed by atoms with Crippen molar-refractivity contribution in [3.63, 3.8) is 0 Å². The van der Waals surface area contributed by atoms with E-state index in [0.29, 0.717) is 5.92 Å². The van der Waals surface area contributed by atoms with E-state index in [-0.39, 0.29) is 6.10 Å². The number of aliphatic hydroxyl groups is 1. The van der Waals surface area contributed by atoms with Crippen molar-refractivity contribution in [3.8, 4) is 0 Å². The Morgan fingerprint density at radius 2 is 2.27 bits per heavy atom. The first kappa shape index (κ1) is 7.11. The van der Waals surface area contributed by atoms with Crippen molar-refractivity contribution >= 4 is 0 Å². The number of aliphatic hydroxyl groups excluding tert-OH is 1. The summed E-state index contributed by atoms with van der Waals surface area (Å²) in [5.41, 5.74) is 1.46. The van der Waals surface area contributed by atoms with Crippen LogP contribution in [0.3, 0.4) is 0 Å². The molecule has 1 nitrogen and oxygen atoms in total. The minimum absolute atomic E-state index is 0.101. The van der Waals surface area contributed by atoms with Gasteiger partial charge in [-0.05, 0) is 25.7 Å². The van der Waals surface area contributed by atoms with Gasteiger partial charge >= 0.3 is 0 Å². The Bertz CT molecular complexity index is 203. The fourth-order valence-corrected chi connectivity index (χ4v) is 2.01. The fourth-order valence-electron chi connectivity index (χ4n) is 2.01. The third-order valence-electron chi connectivity index (χ3n) is 2.65. The molecule has 0 aromatic carbocycles. The molecule has 2 aliphatic rings.